The van der Waals surface area contributed by atoms with Crippen molar-refractivity contribution in [3.05, 3.63) is 0 Å². The van der Waals surface area contributed by atoms with E-state index in [-0.39, 0.29) is 19.0 Å². The summed E-state index contributed by atoms with van der Waals surface area (Å²) in [5, 5.41) is 7.13. The van der Waals surface area contributed by atoms with Gasteiger partial charge in [-0.3, -0.25) is 9.59 Å². The fourth-order valence-electron chi connectivity index (χ4n) is 4.66. The molecule has 0 rings (SSSR count). The number of alkyl halides is 6. The Morgan fingerprint density at radius 3 is 1.40 bits per heavy atom. The third-order valence-corrected chi connectivity index (χ3v) is 7.11. The SMILES string of the molecule is CCCCCCCCCCCCCCCNCCC(CCCCCNC(=O)C(F)(F)F)CCNC(=O)C(F)(F)F. The van der Waals surface area contributed by atoms with Crippen molar-refractivity contribution in [2.75, 3.05) is 26.2 Å². The minimum Gasteiger partial charge on any atom is -0.348 e. The molecule has 0 saturated heterocycles. The molecule has 5 nitrogen and oxygen atoms in total. The van der Waals surface area contributed by atoms with Gasteiger partial charge < -0.3 is 16.0 Å². The van der Waals surface area contributed by atoms with Gasteiger partial charge in [-0.1, -0.05) is 103 Å². The first kappa shape index (κ1) is 38.5. The van der Waals surface area contributed by atoms with Gasteiger partial charge in [-0.2, -0.15) is 26.3 Å². The first-order valence-electron chi connectivity index (χ1n) is 15.4. The highest BCUT2D eigenvalue weighted by atomic mass is 19.4. The number of rotatable bonds is 26. The Hall–Kier alpha value is -1.52. The number of carbonyl (C=O) groups is 2. The van der Waals surface area contributed by atoms with E-state index in [0.29, 0.717) is 32.1 Å². The van der Waals surface area contributed by atoms with E-state index in [1.54, 1.807) is 0 Å². The van der Waals surface area contributed by atoms with Crippen LogP contribution in [-0.2, 0) is 9.59 Å². The van der Waals surface area contributed by atoms with Gasteiger partial charge in [0.25, 0.3) is 0 Å². The van der Waals surface area contributed by atoms with E-state index in [0.717, 1.165) is 25.9 Å². The molecule has 0 aromatic carbocycles. The zero-order valence-corrected chi connectivity index (χ0v) is 24.4. The molecule has 0 radical (unpaired) electrons. The van der Waals surface area contributed by atoms with E-state index in [1.807, 2.05) is 10.6 Å². The molecular formula is C29H53F6N3O2. The van der Waals surface area contributed by atoms with Crippen molar-refractivity contribution in [2.24, 2.45) is 5.92 Å². The number of hydrogen-bond donors (Lipinski definition) is 3. The standard InChI is InChI=1S/C29H53F6N3O2/c1-2-3-4-5-6-7-8-9-10-11-12-13-16-21-36-23-19-25(20-24-38-27(40)29(33,34)35)18-15-14-17-22-37-26(39)28(30,31)32/h25,36H,2-24H2,1H3,(H,37,39)(H,38,40). The van der Waals surface area contributed by atoms with Crippen LogP contribution in [0.5, 0.6) is 0 Å². The zero-order valence-electron chi connectivity index (χ0n) is 24.4. The van der Waals surface area contributed by atoms with Crippen LogP contribution in [0.3, 0.4) is 0 Å². The highest BCUT2D eigenvalue weighted by Crippen LogP contribution is 2.19. The van der Waals surface area contributed by atoms with Gasteiger partial charge in [-0.15, -0.1) is 0 Å². The van der Waals surface area contributed by atoms with Crippen LogP contribution >= 0.6 is 0 Å². The molecule has 0 spiro atoms. The van der Waals surface area contributed by atoms with Crippen molar-refractivity contribution >= 4 is 11.8 Å². The molecule has 1 unspecified atom stereocenters. The van der Waals surface area contributed by atoms with Gasteiger partial charge in [0.15, 0.2) is 0 Å². The predicted molar refractivity (Wildman–Crippen MR) is 148 cm³/mol. The van der Waals surface area contributed by atoms with E-state index in [4.69, 9.17) is 0 Å². The maximum atomic E-state index is 12.4. The molecule has 11 heteroatoms. The summed E-state index contributed by atoms with van der Waals surface area (Å²) in [4.78, 5) is 21.9. The topological polar surface area (TPSA) is 70.2 Å². The third-order valence-electron chi connectivity index (χ3n) is 7.11. The van der Waals surface area contributed by atoms with Gasteiger partial charge in [-0.25, -0.2) is 0 Å². The van der Waals surface area contributed by atoms with Crippen molar-refractivity contribution in [1.82, 2.24) is 16.0 Å². The minimum absolute atomic E-state index is 0.0780. The molecule has 3 N–H and O–H groups in total. The van der Waals surface area contributed by atoms with Gasteiger partial charge in [-0.05, 0) is 44.7 Å². The number of nitrogens with one attached hydrogen (secondary N) is 3. The van der Waals surface area contributed by atoms with Crippen LogP contribution in [0.25, 0.3) is 0 Å². The van der Waals surface area contributed by atoms with Gasteiger partial charge in [0.2, 0.25) is 0 Å². The Morgan fingerprint density at radius 1 is 0.500 bits per heavy atom. The molecule has 0 aromatic heterocycles. The maximum Gasteiger partial charge on any atom is 0.471 e. The average molecular weight is 590 g/mol. The van der Waals surface area contributed by atoms with Crippen LogP contribution in [0, 0.1) is 5.92 Å². The third kappa shape index (κ3) is 24.3. The van der Waals surface area contributed by atoms with E-state index in [2.05, 4.69) is 12.2 Å². The van der Waals surface area contributed by atoms with Crippen LogP contribution in [0.1, 0.15) is 129 Å². The summed E-state index contributed by atoms with van der Waals surface area (Å²) in [5.41, 5.74) is 0. The number of halogens is 6. The normalized spacial score (nSPS) is 12.9. The molecule has 0 bridgehead atoms. The van der Waals surface area contributed by atoms with E-state index in [9.17, 15) is 35.9 Å². The van der Waals surface area contributed by atoms with E-state index in [1.165, 1.54) is 77.0 Å². The van der Waals surface area contributed by atoms with E-state index >= 15 is 0 Å². The Bertz CT molecular complexity index is 630. The largest absolute Gasteiger partial charge is 0.471 e. The lowest BCUT2D eigenvalue weighted by Crippen LogP contribution is -2.37. The Balaban J connectivity index is 3.98. The second-order valence-electron chi connectivity index (χ2n) is 10.8. The molecule has 0 fully saturated rings. The summed E-state index contributed by atoms with van der Waals surface area (Å²) in [6.07, 6.45) is 10.4. The van der Waals surface area contributed by atoms with E-state index < -0.39 is 24.2 Å². The number of unbranched alkanes of at least 4 members (excludes halogenated alkanes) is 14. The number of carbonyl (C=O) groups excluding carboxylic acids is 2. The average Bonchev–Trinajstić information content (AvgIpc) is 2.88. The molecule has 0 aromatic rings. The first-order chi connectivity index (χ1) is 19.0. The van der Waals surface area contributed by atoms with Crippen LogP contribution in [-0.4, -0.2) is 50.3 Å². The maximum absolute atomic E-state index is 12.4. The molecule has 0 heterocycles. The molecule has 238 valence electrons. The molecule has 0 saturated carbocycles. The summed E-state index contributed by atoms with van der Waals surface area (Å²) >= 11 is 0. The summed E-state index contributed by atoms with van der Waals surface area (Å²) in [5.74, 6) is -3.83. The van der Waals surface area contributed by atoms with Crippen molar-refractivity contribution < 1.29 is 35.9 Å². The Labute approximate surface area is 237 Å². The smallest absolute Gasteiger partial charge is 0.348 e. The van der Waals surface area contributed by atoms with Crippen molar-refractivity contribution in [3.63, 3.8) is 0 Å². The fraction of sp³-hybridized carbons (Fsp3) is 0.931. The molecular weight excluding hydrogens is 536 g/mol. The second-order valence-corrected chi connectivity index (χ2v) is 10.8. The lowest BCUT2D eigenvalue weighted by atomic mass is 9.94. The summed E-state index contributed by atoms with van der Waals surface area (Å²) in [7, 11) is 0. The second kappa shape index (κ2) is 24.1. The van der Waals surface area contributed by atoms with Gasteiger partial charge in [0.05, 0.1) is 0 Å². The minimum atomic E-state index is -4.91. The molecule has 0 aliphatic heterocycles. The van der Waals surface area contributed by atoms with Crippen molar-refractivity contribution in [1.29, 1.82) is 0 Å². The lowest BCUT2D eigenvalue weighted by Gasteiger charge is -2.18. The van der Waals surface area contributed by atoms with Gasteiger partial charge in [0.1, 0.15) is 0 Å². The zero-order chi connectivity index (χ0) is 30.1. The predicted octanol–water partition coefficient (Wildman–Crippen LogP) is 7.98. The van der Waals surface area contributed by atoms with Crippen molar-refractivity contribution in [3.8, 4) is 0 Å². The quantitative estimate of drug-likeness (QED) is 0.0708. The van der Waals surface area contributed by atoms with Crippen molar-refractivity contribution in [2.45, 2.75) is 141 Å². The van der Waals surface area contributed by atoms with Crippen LogP contribution in [0.4, 0.5) is 26.3 Å². The number of amides is 2. The highest BCUT2D eigenvalue weighted by Gasteiger charge is 2.38. The van der Waals surface area contributed by atoms with Crippen LogP contribution in [0.15, 0.2) is 0 Å². The lowest BCUT2D eigenvalue weighted by molar-refractivity contribution is -0.173. The summed E-state index contributed by atoms with van der Waals surface area (Å²) < 4.78 is 73.9. The van der Waals surface area contributed by atoms with Crippen LogP contribution < -0.4 is 16.0 Å². The van der Waals surface area contributed by atoms with Gasteiger partial charge >= 0.3 is 24.2 Å². The molecule has 40 heavy (non-hydrogen) atoms. The monoisotopic (exact) mass is 589 g/mol. The molecule has 2 amide bonds. The first-order valence-corrected chi connectivity index (χ1v) is 15.4. The van der Waals surface area contributed by atoms with Gasteiger partial charge in [0, 0.05) is 13.1 Å². The molecule has 1 atom stereocenters. The Kier molecular flexibility index (Phi) is 23.2. The molecule has 0 aliphatic rings. The summed E-state index contributed by atoms with van der Waals surface area (Å²) in [6.45, 7) is 3.68. The number of hydrogen-bond acceptors (Lipinski definition) is 3. The Morgan fingerprint density at radius 2 is 0.900 bits per heavy atom. The highest BCUT2D eigenvalue weighted by molar-refractivity contribution is 5.81. The summed E-state index contributed by atoms with van der Waals surface area (Å²) in [6, 6.07) is 0. The van der Waals surface area contributed by atoms with Crippen LogP contribution in [0.2, 0.25) is 0 Å². The fourth-order valence-corrected chi connectivity index (χ4v) is 4.66. The molecule has 0 aliphatic carbocycles.